The predicted octanol–water partition coefficient (Wildman–Crippen LogP) is 3.27. The molecule has 0 amide bonds. The standard InChI is InChI=1S/C13H12N4S2/c14-15-13-12(16-17-19-13)8-18-11-6-5-9-3-1-2-4-10(9)7-11/h1-7,15H,8,14H2. The lowest BCUT2D eigenvalue weighted by Crippen LogP contribution is -2.06. The normalized spacial score (nSPS) is 10.8. The van der Waals surface area contributed by atoms with E-state index in [1.165, 1.54) is 27.2 Å². The molecule has 0 aliphatic carbocycles. The van der Waals surface area contributed by atoms with E-state index in [1.807, 2.05) is 0 Å². The highest BCUT2D eigenvalue weighted by Crippen LogP contribution is 2.28. The highest BCUT2D eigenvalue weighted by molar-refractivity contribution is 7.98. The lowest BCUT2D eigenvalue weighted by Gasteiger charge is -2.03. The molecule has 0 atom stereocenters. The van der Waals surface area contributed by atoms with Crippen LogP contribution in [0.4, 0.5) is 5.00 Å². The highest BCUT2D eigenvalue weighted by Gasteiger charge is 2.07. The van der Waals surface area contributed by atoms with Crippen LogP contribution in [0.1, 0.15) is 5.69 Å². The lowest BCUT2D eigenvalue weighted by molar-refractivity contribution is 1.07. The van der Waals surface area contributed by atoms with E-state index in [9.17, 15) is 0 Å². The molecule has 19 heavy (non-hydrogen) atoms. The Bertz CT molecular complexity index is 696. The number of nitrogens with zero attached hydrogens (tertiary/aromatic N) is 2. The molecule has 0 saturated heterocycles. The van der Waals surface area contributed by atoms with E-state index in [2.05, 4.69) is 57.5 Å². The Hall–Kier alpha value is -1.63. The third-order valence-electron chi connectivity index (χ3n) is 2.78. The quantitative estimate of drug-likeness (QED) is 0.438. The zero-order valence-electron chi connectivity index (χ0n) is 10.0. The number of anilines is 1. The third kappa shape index (κ3) is 2.70. The van der Waals surface area contributed by atoms with Gasteiger partial charge in [0.25, 0.3) is 0 Å². The number of nitrogens with two attached hydrogens (primary N) is 1. The fraction of sp³-hybridized carbons (Fsp3) is 0.0769. The average Bonchev–Trinajstić information content (AvgIpc) is 2.92. The maximum atomic E-state index is 5.41. The summed E-state index contributed by atoms with van der Waals surface area (Å²) in [5.41, 5.74) is 3.52. The fourth-order valence-corrected chi connectivity index (χ4v) is 3.29. The molecule has 4 nitrogen and oxygen atoms in total. The summed E-state index contributed by atoms with van der Waals surface area (Å²) in [6.45, 7) is 0. The van der Waals surface area contributed by atoms with Gasteiger partial charge in [-0.05, 0) is 22.9 Å². The summed E-state index contributed by atoms with van der Waals surface area (Å²) in [6, 6.07) is 14.8. The maximum Gasteiger partial charge on any atom is 0.148 e. The number of nitrogens with one attached hydrogen (secondary N) is 1. The van der Waals surface area contributed by atoms with Crippen molar-refractivity contribution in [1.29, 1.82) is 0 Å². The number of hydrogen-bond donors (Lipinski definition) is 2. The Morgan fingerprint density at radius 1 is 1.16 bits per heavy atom. The van der Waals surface area contributed by atoms with Crippen molar-refractivity contribution in [2.75, 3.05) is 5.43 Å². The van der Waals surface area contributed by atoms with Gasteiger partial charge in [-0.2, -0.15) is 0 Å². The number of hydrazine groups is 1. The number of fused-ring (bicyclic) bond motifs is 1. The molecule has 0 bridgehead atoms. The van der Waals surface area contributed by atoms with Gasteiger partial charge in [-0.1, -0.05) is 34.8 Å². The molecule has 0 fully saturated rings. The lowest BCUT2D eigenvalue weighted by atomic mass is 10.1. The topological polar surface area (TPSA) is 63.8 Å². The minimum atomic E-state index is 0.758. The summed E-state index contributed by atoms with van der Waals surface area (Å²) >= 11 is 3.01. The van der Waals surface area contributed by atoms with Gasteiger partial charge in [0.1, 0.15) is 10.7 Å². The molecular weight excluding hydrogens is 276 g/mol. The summed E-state index contributed by atoms with van der Waals surface area (Å²) in [6.07, 6.45) is 0. The number of aromatic nitrogens is 2. The van der Waals surface area contributed by atoms with E-state index >= 15 is 0 Å². The van der Waals surface area contributed by atoms with Gasteiger partial charge in [0.05, 0.1) is 0 Å². The van der Waals surface area contributed by atoms with Crippen molar-refractivity contribution >= 4 is 39.1 Å². The van der Waals surface area contributed by atoms with Crippen LogP contribution >= 0.6 is 23.3 Å². The molecular formula is C13H12N4S2. The molecule has 3 aromatic rings. The van der Waals surface area contributed by atoms with E-state index < -0.39 is 0 Å². The second-order valence-electron chi connectivity index (χ2n) is 3.99. The van der Waals surface area contributed by atoms with Crippen molar-refractivity contribution < 1.29 is 0 Å². The molecule has 0 radical (unpaired) electrons. The maximum absolute atomic E-state index is 5.41. The van der Waals surface area contributed by atoms with Gasteiger partial charge in [-0.3, -0.25) is 0 Å². The Balaban J connectivity index is 1.78. The second-order valence-corrected chi connectivity index (χ2v) is 5.79. The van der Waals surface area contributed by atoms with Gasteiger partial charge < -0.3 is 5.43 Å². The first-order chi connectivity index (χ1) is 9.36. The molecule has 1 aromatic heterocycles. The van der Waals surface area contributed by atoms with Crippen molar-refractivity contribution in [3.8, 4) is 0 Å². The fourth-order valence-electron chi connectivity index (χ4n) is 1.82. The molecule has 0 saturated carbocycles. The summed E-state index contributed by atoms with van der Waals surface area (Å²) in [4.78, 5) is 1.22. The van der Waals surface area contributed by atoms with Crippen LogP contribution < -0.4 is 11.3 Å². The van der Waals surface area contributed by atoms with Crippen LogP contribution in [0, 0.1) is 0 Å². The summed E-state index contributed by atoms with van der Waals surface area (Å²) in [5.74, 6) is 6.17. The van der Waals surface area contributed by atoms with Crippen LogP contribution in [-0.4, -0.2) is 9.59 Å². The van der Waals surface area contributed by atoms with Gasteiger partial charge in [0.15, 0.2) is 0 Å². The van der Waals surface area contributed by atoms with Gasteiger partial charge >= 0.3 is 0 Å². The molecule has 0 unspecified atom stereocenters. The van der Waals surface area contributed by atoms with E-state index in [0.29, 0.717) is 0 Å². The summed E-state index contributed by atoms with van der Waals surface area (Å²) in [5, 5.41) is 7.40. The van der Waals surface area contributed by atoms with Crippen molar-refractivity contribution in [2.24, 2.45) is 5.84 Å². The first-order valence-corrected chi connectivity index (χ1v) is 7.52. The predicted molar refractivity (Wildman–Crippen MR) is 81.2 cm³/mol. The molecule has 2 aromatic carbocycles. The molecule has 6 heteroatoms. The van der Waals surface area contributed by atoms with Crippen molar-refractivity contribution in [3.63, 3.8) is 0 Å². The molecule has 96 valence electrons. The first-order valence-electron chi connectivity index (χ1n) is 5.76. The van der Waals surface area contributed by atoms with Crippen LogP contribution in [0.2, 0.25) is 0 Å². The van der Waals surface area contributed by atoms with E-state index in [4.69, 9.17) is 5.84 Å². The van der Waals surface area contributed by atoms with Gasteiger partial charge in [-0.15, -0.1) is 16.9 Å². The number of thioether (sulfide) groups is 1. The molecule has 0 aliphatic heterocycles. The number of rotatable bonds is 4. The summed E-state index contributed by atoms with van der Waals surface area (Å²) in [7, 11) is 0. The third-order valence-corrected chi connectivity index (χ3v) is 4.49. The summed E-state index contributed by atoms with van der Waals surface area (Å²) < 4.78 is 3.89. The van der Waals surface area contributed by atoms with Crippen LogP contribution in [0.5, 0.6) is 0 Å². The van der Waals surface area contributed by atoms with Crippen molar-refractivity contribution in [3.05, 3.63) is 48.2 Å². The molecule has 0 spiro atoms. The van der Waals surface area contributed by atoms with Crippen LogP contribution in [0.3, 0.4) is 0 Å². The Kier molecular flexibility index (Phi) is 3.63. The zero-order chi connectivity index (χ0) is 13.1. The second kappa shape index (κ2) is 5.56. The zero-order valence-corrected chi connectivity index (χ0v) is 11.7. The molecule has 1 heterocycles. The monoisotopic (exact) mass is 288 g/mol. The Morgan fingerprint density at radius 3 is 2.84 bits per heavy atom. The number of benzene rings is 2. The minimum absolute atomic E-state index is 0.758. The van der Waals surface area contributed by atoms with Crippen LogP contribution in [0.25, 0.3) is 10.8 Å². The molecule has 3 N–H and O–H groups in total. The molecule has 0 aliphatic rings. The first kappa shape index (κ1) is 12.4. The highest BCUT2D eigenvalue weighted by atomic mass is 32.2. The van der Waals surface area contributed by atoms with Crippen LogP contribution in [-0.2, 0) is 5.75 Å². The van der Waals surface area contributed by atoms with Gasteiger partial charge in [-0.25, -0.2) is 5.84 Å². The van der Waals surface area contributed by atoms with Crippen molar-refractivity contribution in [2.45, 2.75) is 10.6 Å². The molecule has 3 rings (SSSR count). The van der Waals surface area contributed by atoms with E-state index in [1.54, 1.807) is 11.8 Å². The van der Waals surface area contributed by atoms with E-state index in [-0.39, 0.29) is 0 Å². The van der Waals surface area contributed by atoms with Gasteiger partial charge in [0, 0.05) is 22.2 Å². The number of nitrogen functional groups attached to an aromatic ring is 1. The minimum Gasteiger partial charge on any atom is -0.313 e. The van der Waals surface area contributed by atoms with Crippen LogP contribution in [0.15, 0.2) is 47.4 Å². The SMILES string of the molecule is NNc1snnc1CSc1ccc2ccccc2c1. The van der Waals surface area contributed by atoms with Crippen molar-refractivity contribution in [1.82, 2.24) is 9.59 Å². The van der Waals surface area contributed by atoms with Gasteiger partial charge in [0.2, 0.25) is 0 Å². The number of hydrogen-bond acceptors (Lipinski definition) is 6. The van der Waals surface area contributed by atoms with E-state index in [0.717, 1.165) is 16.4 Å². The largest absolute Gasteiger partial charge is 0.313 e. The Morgan fingerprint density at radius 2 is 2.00 bits per heavy atom. The smallest absolute Gasteiger partial charge is 0.148 e. The average molecular weight is 288 g/mol. The Labute approximate surface area is 119 Å².